The molecule has 2 aliphatic rings. The van der Waals surface area contributed by atoms with Crippen LogP contribution < -0.4 is 16.0 Å². The molecule has 2 aromatic heterocycles. The molecule has 0 amide bonds. The molecule has 0 radical (unpaired) electrons. The van der Waals surface area contributed by atoms with Crippen molar-refractivity contribution in [2.75, 3.05) is 50.0 Å². The third kappa shape index (κ3) is 5.38. The van der Waals surface area contributed by atoms with E-state index in [9.17, 15) is 0 Å². The fourth-order valence-corrected chi connectivity index (χ4v) is 4.21. The van der Waals surface area contributed by atoms with Crippen LogP contribution in [0.4, 0.5) is 16.8 Å². The van der Waals surface area contributed by atoms with Gasteiger partial charge in [0.15, 0.2) is 5.13 Å². The molecule has 0 bridgehead atoms. The quantitative estimate of drug-likeness (QED) is 0.702. The van der Waals surface area contributed by atoms with Crippen LogP contribution >= 0.6 is 11.3 Å². The van der Waals surface area contributed by atoms with E-state index in [4.69, 9.17) is 9.72 Å². The van der Waals surface area contributed by atoms with Crippen molar-refractivity contribution in [2.45, 2.75) is 32.4 Å². The topological polar surface area (TPSA) is 74.3 Å². The molecule has 2 saturated heterocycles. The molecule has 0 aliphatic carbocycles. The fourth-order valence-electron chi connectivity index (χ4n) is 3.54. The van der Waals surface area contributed by atoms with Gasteiger partial charge in [-0.25, -0.2) is 9.97 Å². The van der Waals surface area contributed by atoms with Gasteiger partial charge in [0.1, 0.15) is 11.6 Å². The lowest BCUT2D eigenvalue weighted by Crippen LogP contribution is -2.38. The SMILES string of the molecule is Cc1cnc(Nc2cc(CN3CCOCC3)cc(N[C@H]3CCCNC3)n2)s1. The van der Waals surface area contributed by atoms with E-state index in [0.29, 0.717) is 6.04 Å². The van der Waals surface area contributed by atoms with Crippen LogP contribution in [0.1, 0.15) is 23.3 Å². The number of ether oxygens (including phenoxy) is 1. The Labute approximate surface area is 164 Å². The Morgan fingerprint density at radius 2 is 2.15 bits per heavy atom. The average Bonchev–Trinajstić information content (AvgIpc) is 3.08. The summed E-state index contributed by atoms with van der Waals surface area (Å²) in [6.07, 6.45) is 4.27. The molecule has 2 fully saturated rings. The number of hydrogen-bond donors (Lipinski definition) is 3. The highest BCUT2D eigenvalue weighted by Gasteiger charge is 2.16. The molecule has 2 aliphatic heterocycles. The Hall–Kier alpha value is -1.74. The summed E-state index contributed by atoms with van der Waals surface area (Å²) in [4.78, 5) is 12.8. The Bertz CT molecular complexity index is 701. The van der Waals surface area contributed by atoms with Crippen LogP contribution in [0.5, 0.6) is 0 Å². The van der Waals surface area contributed by atoms with Gasteiger partial charge in [0.05, 0.1) is 13.2 Å². The molecule has 4 rings (SSSR count). The first-order valence-electron chi connectivity index (χ1n) is 9.72. The Kier molecular flexibility index (Phi) is 6.18. The molecule has 27 heavy (non-hydrogen) atoms. The highest BCUT2D eigenvalue weighted by Crippen LogP contribution is 2.24. The van der Waals surface area contributed by atoms with Crippen molar-refractivity contribution in [2.24, 2.45) is 0 Å². The molecule has 3 N–H and O–H groups in total. The number of aryl methyl sites for hydroxylation is 1. The molecule has 1 atom stereocenters. The molecule has 146 valence electrons. The summed E-state index contributed by atoms with van der Waals surface area (Å²) in [6.45, 7) is 8.66. The van der Waals surface area contributed by atoms with Crippen LogP contribution in [-0.4, -0.2) is 60.3 Å². The lowest BCUT2D eigenvalue weighted by atomic mass is 10.1. The van der Waals surface area contributed by atoms with E-state index in [1.165, 1.54) is 23.3 Å². The third-order valence-corrected chi connectivity index (χ3v) is 5.73. The number of thiazole rings is 1. The summed E-state index contributed by atoms with van der Waals surface area (Å²) in [6, 6.07) is 4.75. The first kappa shape index (κ1) is 18.6. The minimum absolute atomic E-state index is 0.430. The minimum atomic E-state index is 0.430. The maximum absolute atomic E-state index is 5.47. The van der Waals surface area contributed by atoms with Gasteiger partial charge in [0, 0.05) is 43.3 Å². The molecule has 8 heteroatoms. The normalized spacial score (nSPS) is 21.1. The Morgan fingerprint density at radius 3 is 2.89 bits per heavy atom. The number of hydrogen-bond acceptors (Lipinski definition) is 8. The lowest BCUT2D eigenvalue weighted by molar-refractivity contribution is 0.0342. The van der Waals surface area contributed by atoms with Gasteiger partial charge in [0.2, 0.25) is 0 Å². The van der Waals surface area contributed by atoms with E-state index < -0.39 is 0 Å². The van der Waals surface area contributed by atoms with Crippen LogP contribution in [0.25, 0.3) is 0 Å². The fraction of sp³-hybridized carbons (Fsp3) is 0.579. The average molecular weight is 389 g/mol. The first-order chi connectivity index (χ1) is 13.2. The van der Waals surface area contributed by atoms with Gasteiger partial charge in [-0.1, -0.05) is 0 Å². The standard InChI is InChI=1S/C19H28N6OS/c1-14-11-21-19(27-14)24-18-10-15(13-25-5-7-26-8-6-25)9-17(23-18)22-16-3-2-4-20-12-16/h9-11,16,20H,2-8,12-13H2,1H3,(H2,21,22,23,24)/t16-/m0/s1. The highest BCUT2D eigenvalue weighted by molar-refractivity contribution is 7.15. The predicted molar refractivity (Wildman–Crippen MR) is 110 cm³/mol. The van der Waals surface area contributed by atoms with E-state index >= 15 is 0 Å². The smallest absolute Gasteiger partial charge is 0.188 e. The number of rotatable bonds is 6. The molecule has 0 spiro atoms. The predicted octanol–water partition coefficient (Wildman–Crippen LogP) is 2.59. The largest absolute Gasteiger partial charge is 0.379 e. The summed E-state index contributed by atoms with van der Waals surface area (Å²) < 4.78 is 5.47. The summed E-state index contributed by atoms with van der Waals surface area (Å²) >= 11 is 1.65. The summed E-state index contributed by atoms with van der Waals surface area (Å²) in [5.74, 6) is 1.78. The second kappa shape index (κ2) is 8.97. The summed E-state index contributed by atoms with van der Waals surface area (Å²) in [5, 5.41) is 11.3. The number of pyridine rings is 1. The van der Waals surface area contributed by atoms with E-state index in [2.05, 4.69) is 44.9 Å². The monoisotopic (exact) mass is 388 g/mol. The maximum atomic E-state index is 5.47. The summed E-state index contributed by atoms with van der Waals surface area (Å²) in [7, 11) is 0. The van der Waals surface area contributed by atoms with Crippen LogP contribution in [0.2, 0.25) is 0 Å². The van der Waals surface area contributed by atoms with Crippen LogP contribution in [0, 0.1) is 6.92 Å². The van der Waals surface area contributed by atoms with Crippen LogP contribution in [0.3, 0.4) is 0 Å². The van der Waals surface area contributed by atoms with Crippen LogP contribution in [0.15, 0.2) is 18.3 Å². The third-order valence-electron chi connectivity index (χ3n) is 4.90. The van der Waals surface area contributed by atoms with Crippen molar-refractivity contribution in [3.05, 3.63) is 28.8 Å². The minimum Gasteiger partial charge on any atom is -0.379 e. The van der Waals surface area contributed by atoms with E-state index in [-0.39, 0.29) is 0 Å². The lowest BCUT2D eigenvalue weighted by Gasteiger charge is -2.27. The molecule has 2 aromatic rings. The zero-order valence-electron chi connectivity index (χ0n) is 15.8. The molecule has 0 aromatic carbocycles. The van der Waals surface area contributed by atoms with Gasteiger partial charge in [-0.15, -0.1) is 11.3 Å². The second-order valence-corrected chi connectivity index (χ2v) is 8.46. The van der Waals surface area contributed by atoms with Gasteiger partial charge in [-0.05, 0) is 44.0 Å². The number of nitrogens with one attached hydrogen (secondary N) is 3. The van der Waals surface area contributed by atoms with Gasteiger partial charge < -0.3 is 20.7 Å². The van der Waals surface area contributed by atoms with Crippen LogP contribution in [-0.2, 0) is 11.3 Å². The number of anilines is 3. The van der Waals surface area contributed by atoms with Gasteiger partial charge in [-0.3, -0.25) is 4.90 Å². The van der Waals surface area contributed by atoms with Crippen molar-refractivity contribution in [1.82, 2.24) is 20.2 Å². The number of nitrogens with zero attached hydrogens (tertiary/aromatic N) is 3. The highest BCUT2D eigenvalue weighted by atomic mass is 32.1. The summed E-state index contributed by atoms with van der Waals surface area (Å²) in [5.41, 5.74) is 1.26. The molecule has 7 nitrogen and oxygen atoms in total. The van der Waals surface area contributed by atoms with E-state index in [1.54, 1.807) is 11.3 Å². The molecular weight excluding hydrogens is 360 g/mol. The van der Waals surface area contributed by atoms with E-state index in [1.807, 2.05) is 6.20 Å². The van der Waals surface area contributed by atoms with Crippen molar-refractivity contribution in [3.8, 4) is 0 Å². The zero-order chi connectivity index (χ0) is 18.5. The Morgan fingerprint density at radius 1 is 1.30 bits per heavy atom. The van der Waals surface area contributed by atoms with Crippen molar-refractivity contribution in [3.63, 3.8) is 0 Å². The molecular formula is C19H28N6OS. The van der Waals surface area contributed by atoms with Gasteiger partial charge >= 0.3 is 0 Å². The molecule has 4 heterocycles. The first-order valence-corrected chi connectivity index (χ1v) is 10.5. The zero-order valence-corrected chi connectivity index (χ0v) is 16.6. The van der Waals surface area contributed by atoms with E-state index in [0.717, 1.165) is 62.7 Å². The maximum Gasteiger partial charge on any atom is 0.188 e. The van der Waals surface area contributed by atoms with Gasteiger partial charge in [0.25, 0.3) is 0 Å². The second-order valence-electron chi connectivity index (χ2n) is 7.22. The number of aromatic nitrogens is 2. The molecule has 0 saturated carbocycles. The van der Waals surface area contributed by atoms with Crippen molar-refractivity contribution in [1.29, 1.82) is 0 Å². The number of piperidine rings is 1. The Balaban J connectivity index is 1.52. The van der Waals surface area contributed by atoms with Crippen molar-refractivity contribution >= 4 is 28.1 Å². The molecule has 0 unspecified atom stereocenters. The number of morpholine rings is 1. The van der Waals surface area contributed by atoms with Gasteiger partial charge in [-0.2, -0.15) is 0 Å². The van der Waals surface area contributed by atoms with Crippen molar-refractivity contribution < 1.29 is 4.74 Å².